The number of hydrogen-bond acceptors (Lipinski definition) is 4. The third-order valence-electron chi connectivity index (χ3n) is 2.76. The van der Waals surface area contributed by atoms with Gasteiger partial charge in [-0.15, -0.1) is 12.4 Å². The lowest BCUT2D eigenvalue weighted by Gasteiger charge is -2.27. The van der Waals surface area contributed by atoms with Crippen molar-refractivity contribution >= 4 is 24.0 Å². The van der Waals surface area contributed by atoms with E-state index in [1.165, 1.54) is 24.3 Å². The second-order valence-corrected chi connectivity index (χ2v) is 4.04. The zero-order chi connectivity index (χ0) is 12.3. The number of nitrogens with zero attached hydrogens (tertiary/aromatic N) is 1. The normalized spacial score (nSPS) is 14.2. The molecule has 0 unspecified atom stereocenters. The van der Waals surface area contributed by atoms with Gasteiger partial charge in [-0.2, -0.15) is 0 Å². The fourth-order valence-electron chi connectivity index (χ4n) is 1.57. The van der Waals surface area contributed by atoms with Crippen molar-refractivity contribution in [1.29, 1.82) is 0 Å². The van der Waals surface area contributed by atoms with Crippen molar-refractivity contribution < 1.29 is 9.72 Å². The van der Waals surface area contributed by atoms with E-state index < -0.39 is 4.92 Å². The molecule has 0 saturated carbocycles. The van der Waals surface area contributed by atoms with E-state index in [4.69, 9.17) is 0 Å². The van der Waals surface area contributed by atoms with E-state index in [9.17, 15) is 14.9 Å². The summed E-state index contributed by atoms with van der Waals surface area (Å²) >= 11 is 0. The minimum atomic E-state index is -0.484. The lowest BCUT2D eigenvalue weighted by Crippen LogP contribution is -2.48. The van der Waals surface area contributed by atoms with Crippen LogP contribution in [-0.2, 0) is 0 Å². The molecule has 1 aromatic carbocycles. The van der Waals surface area contributed by atoms with Crippen molar-refractivity contribution in [2.24, 2.45) is 5.92 Å². The molecule has 0 atom stereocenters. The van der Waals surface area contributed by atoms with E-state index in [0.29, 0.717) is 18.0 Å². The molecule has 98 valence electrons. The Hall–Kier alpha value is -1.66. The maximum Gasteiger partial charge on any atom is 0.269 e. The maximum absolute atomic E-state index is 11.7. The summed E-state index contributed by atoms with van der Waals surface area (Å²) in [6.07, 6.45) is 0. The van der Waals surface area contributed by atoms with Gasteiger partial charge < -0.3 is 10.6 Å². The fraction of sp³-hybridized carbons (Fsp3) is 0.364. The SMILES string of the molecule is Cl.O=C(NCC1CNC1)c1ccc([N+](=O)[O-])cc1. The number of non-ortho nitro benzene ring substituents is 1. The predicted octanol–water partition coefficient (Wildman–Crippen LogP) is 0.966. The molecular formula is C11H14ClN3O3. The van der Waals surface area contributed by atoms with Crippen LogP contribution in [0, 0.1) is 16.0 Å². The highest BCUT2D eigenvalue weighted by Gasteiger charge is 2.17. The highest BCUT2D eigenvalue weighted by molar-refractivity contribution is 5.94. The number of halogens is 1. The number of nitro benzene ring substituents is 1. The highest BCUT2D eigenvalue weighted by Crippen LogP contribution is 2.11. The zero-order valence-corrected chi connectivity index (χ0v) is 10.4. The van der Waals surface area contributed by atoms with Crippen molar-refractivity contribution in [3.8, 4) is 0 Å². The molecule has 7 heteroatoms. The first-order valence-corrected chi connectivity index (χ1v) is 5.40. The lowest BCUT2D eigenvalue weighted by atomic mass is 10.0. The molecule has 1 aromatic rings. The topological polar surface area (TPSA) is 84.3 Å². The average Bonchev–Trinajstić information content (AvgIpc) is 2.27. The number of nitrogens with one attached hydrogen (secondary N) is 2. The number of hydrogen-bond donors (Lipinski definition) is 2. The third-order valence-corrected chi connectivity index (χ3v) is 2.76. The van der Waals surface area contributed by atoms with Crippen LogP contribution in [0.2, 0.25) is 0 Å². The molecule has 0 aliphatic carbocycles. The molecule has 1 fully saturated rings. The highest BCUT2D eigenvalue weighted by atomic mass is 35.5. The Morgan fingerprint density at radius 1 is 1.39 bits per heavy atom. The molecule has 1 heterocycles. The molecular weight excluding hydrogens is 258 g/mol. The molecule has 0 spiro atoms. The van der Waals surface area contributed by atoms with Crippen LogP contribution in [0.5, 0.6) is 0 Å². The summed E-state index contributed by atoms with van der Waals surface area (Å²) < 4.78 is 0. The number of nitro groups is 1. The van der Waals surface area contributed by atoms with E-state index in [1.54, 1.807) is 0 Å². The second-order valence-electron chi connectivity index (χ2n) is 4.04. The molecule has 1 aliphatic heterocycles. The largest absolute Gasteiger partial charge is 0.352 e. The Morgan fingerprint density at radius 2 is 2.00 bits per heavy atom. The molecule has 0 bridgehead atoms. The number of carbonyl (C=O) groups is 1. The van der Waals surface area contributed by atoms with Crippen LogP contribution in [0.15, 0.2) is 24.3 Å². The van der Waals surface area contributed by atoms with Gasteiger partial charge in [-0.25, -0.2) is 0 Å². The van der Waals surface area contributed by atoms with E-state index in [2.05, 4.69) is 10.6 Å². The standard InChI is InChI=1S/C11H13N3O3.ClH/c15-11(13-7-8-5-12-6-8)9-1-3-10(4-2-9)14(16)17;/h1-4,8,12H,5-7H2,(H,13,15);1H. The van der Waals surface area contributed by atoms with E-state index >= 15 is 0 Å². The summed E-state index contributed by atoms with van der Waals surface area (Å²) in [6.45, 7) is 2.50. The Bertz CT molecular complexity index is 432. The molecule has 6 nitrogen and oxygen atoms in total. The number of amides is 1. The van der Waals surface area contributed by atoms with Crippen LogP contribution in [-0.4, -0.2) is 30.5 Å². The third kappa shape index (κ3) is 3.41. The molecule has 1 saturated heterocycles. The smallest absolute Gasteiger partial charge is 0.269 e. The number of benzene rings is 1. The average molecular weight is 272 g/mol. The first kappa shape index (κ1) is 14.4. The summed E-state index contributed by atoms with van der Waals surface area (Å²) in [5.41, 5.74) is 0.438. The van der Waals surface area contributed by atoms with Gasteiger partial charge in [-0.05, 0) is 12.1 Å². The van der Waals surface area contributed by atoms with Crippen molar-refractivity contribution in [1.82, 2.24) is 10.6 Å². The molecule has 2 N–H and O–H groups in total. The van der Waals surface area contributed by atoms with Crippen LogP contribution in [0.4, 0.5) is 5.69 Å². The lowest BCUT2D eigenvalue weighted by molar-refractivity contribution is -0.384. The molecule has 1 aliphatic rings. The van der Waals surface area contributed by atoms with Gasteiger partial charge in [-0.1, -0.05) is 0 Å². The van der Waals surface area contributed by atoms with Gasteiger partial charge in [0.05, 0.1) is 4.92 Å². The summed E-state index contributed by atoms with van der Waals surface area (Å²) in [4.78, 5) is 21.6. The van der Waals surface area contributed by atoms with Gasteiger partial charge in [0.1, 0.15) is 0 Å². The summed E-state index contributed by atoms with van der Waals surface area (Å²) in [7, 11) is 0. The minimum absolute atomic E-state index is 0. The fourth-order valence-corrected chi connectivity index (χ4v) is 1.57. The first-order chi connectivity index (χ1) is 8.16. The number of rotatable bonds is 4. The van der Waals surface area contributed by atoms with Gasteiger partial charge in [0, 0.05) is 43.2 Å². The van der Waals surface area contributed by atoms with Gasteiger partial charge in [-0.3, -0.25) is 14.9 Å². The van der Waals surface area contributed by atoms with Crippen molar-refractivity contribution in [3.05, 3.63) is 39.9 Å². The molecule has 0 aromatic heterocycles. The van der Waals surface area contributed by atoms with E-state index in [0.717, 1.165) is 13.1 Å². The van der Waals surface area contributed by atoms with Gasteiger partial charge in [0.2, 0.25) is 0 Å². The summed E-state index contributed by atoms with van der Waals surface area (Å²) in [5.74, 6) is 0.309. The van der Waals surface area contributed by atoms with Crippen LogP contribution in [0.25, 0.3) is 0 Å². The Labute approximate surface area is 110 Å². The number of carbonyl (C=O) groups excluding carboxylic acids is 1. The summed E-state index contributed by atoms with van der Waals surface area (Å²) in [5, 5.41) is 16.4. The van der Waals surface area contributed by atoms with Gasteiger partial charge in [0.25, 0.3) is 11.6 Å². The van der Waals surface area contributed by atoms with Gasteiger partial charge in [0.15, 0.2) is 0 Å². The second kappa shape index (κ2) is 6.32. The van der Waals surface area contributed by atoms with Crippen LogP contribution in [0.3, 0.4) is 0 Å². The van der Waals surface area contributed by atoms with Crippen LogP contribution in [0.1, 0.15) is 10.4 Å². The van der Waals surface area contributed by atoms with Crippen molar-refractivity contribution in [2.75, 3.05) is 19.6 Å². The Morgan fingerprint density at radius 3 is 2.44 bits per heavy atom. The Balaban J connectivity index is 0.00000162. The summed E-state index contributed by atoms with van der Waals surface area (Å²) in [6, 6.07) is 5.60. The van der Waals surface area contributed by atoms with Crippen molar-refractivity contribution in [3.63, 3.8) is 0 Å². The van der Waals surface area contributed by atoms with Gasteiger partial charge >= 0.3 is 0 Å². The molecule has 2 rings (SSSR count). The zero-order valence-electron chi connectivity index (χ0n) is 9.59. The quantitative estimate of drug-likeness (QED) is 0.631. The Kier molecular flexibility index (Phi) is 5.06. The molecule has 0 radical (unpaired) electrons. The predicted molar refractivity (Wildman–Crippen MR) is 69.0 cm³/mol. The maximum atomic E-state index is 11.7. The van der Waals surface area contributed by atoms with E-state index in [1.807, 2.05) is 0 Å². The van der Waals surface area contributed by atoms with Crippen LogP contribution >= 0.6 is 12.4 Å². The van der Waals surface area contributed by atoms with E-state index in [-0.39, 0.29) is 24.0 Å². The van der Waals surface area contributed by atoms with Crippen LogP contribution < -0.4 is 10.6 Å². The monoisotopic (exact) mass is 271 g/mol. The molecule has 18 heavy (non-hydrogen) atoms. The minimum Gasteiger partial charge on any atom is -0.352 e. The van der Waals surface area contributed by atoms with Crippen molar-refractivity contribution in [2.45, 2.75) is 0 Å². The first-order valence-electron chi connectivity index (χ1n) is 5.40. The molecule has 1 amide bonds.